The van der Waals surface area contributed by atoms with Crippen molar-refractivity contribution >= 4 is 15.9 Å². The van der Waals surface area contributed by atoms with Crippen LogP contribution in [0.15, 0.2) is 24.3 Å². The van der Waals surface area contributed by atoms with Gasteiger partial charge < -0.3 is 9.64 Å². The van der Waals surface area contributed by atoms with Crippen molar-refractivity contribution in [3.63, 3.8) is 0 Å². The first-order valence-corrected chi connectivity index (χ1v) is 9.37. The number of carbonyl (C=O) groups is 1. The second-order valence-corrected chi connectivity index (χ2v) is 7.69. The van der Waals surface area contributed by atoms with Crippen LogP contribution >= 0.6 is 0 Å². The zero-order valence-electron chi connectivity index (χ0n) is 14.4. The Labute approximate surface area is 139 Å². The van der Waals surface area contributed by atoms with E-state index >= 15 is 0 Å². The summed E-state index contributed by atoms with van der Waals surface area (Å²) < 4.78 is 29.1. The van der Waals surface area contributed by atoms with Crippen LogP contribution in [0, 0.1) is 0 Å². The van der Waals surface area contributed by atoms with Crippen molar-refractivity contribution in [1.29, 1.82) is 0 Å². The number of hydrogen-bond donors (Lipinski definition) is 0. The molecule has 0 saturated heterocycles. The minimum atomic E-state index is -3.36. The molecule has 0 aromatic heterocycles. The highest BCUT2D eigenvalue weighted by atomic mass is 32.2. The summed E-state index contributed by atoms with van der Waals surface area (Å²) in [5.74, 6) is 0.598. The quantitative estimate of drug-likeness (QED) is 0.715. The summed E-state index contributed by atoms with van der Waals surface area (Å²) in [5.41, 5.74) is 1.10. The average Bonchev–Trinajstić information content (AvgIpc) is 2.47. The lowest BCUT2D eigenvalue weighted by atomic mass is 10.1. The summed E-state index contributed by atoms with van der Waals surface area (Å²) in [5, 5.41) is 0. The maximum atomic E-state index is 12.4. The van der Waals surface area contributed by atoms with Gasteiger partial charge in [-0.25, -0.2) is 8.42 Å². The van der Waals surface area contributed by atoms with Crippen molar-refractivity contribution in [2.75, 3.05) is 33.5 Å². The highest BCUT2D eigenvalue weighted by Gasteiger charge is 2.23. The van der Waals surface area contributed by atoms with Crippen molar-refractivity contribution in [3.8, 4) is 5.75 Å². The maximum Gasteiger partial charge on any atom is 0.238 e. The molecule has 0 heterocycles. The molecule has 1 atom stereocenters. The molecule has 6 nitrogen and oxygen atoms in total. The molecular weight excluding hydrogens is 316 g/mol. The second-order valence-electron chi connectivity index (χ2n) is 5.60. The topological polar surface area (TPSA) is 66.9 Å². The molecule has 0 unspecified atom stereocenters. The minimum Gasteiger partial charge on any atom is -0.497 e. The standard InChI is InChI=1S/C16H26N2O4S/c1-6-18(16(19)12-17(3)23(5,20)21)13(2)11-14-7-9-15(22-4)10-8-14/h7-10,13H,6,11-12H2,1-5H3/t13-/m0/s1. The van der Waals surface area contributed by atoms with Crippen molar-refractivity contribution in [2.45, 2.75) is 26.3 Å². The molecule has 0 spiro atoms. The monoisotopic (exact) mass is 342 g/mol. The Bertz CT molecular complexity index is 613. The van der Waals surface area contributed by atoms with Crippen LogP contribution in [-0.4, -0.2) is 63.1 Å². The molecule has 0 aliphatic heterocycles. The minimum absolute atomic E-state index is 0.0196. The smallest absolute Gasteiger partial charge is 0.238 e. The van der Waals surface area contributed by atoms with Gasteiger partial charge in [0.25, 0.3) is 0 Å². The van der Waals surface area contributed by atoms with Crippen LogP contribution in [0.1, 0.15) is 19.4 Å². The Hall–Kier alpha value is -1.60. The third kappa shape index (κ3) is 5.84. The summed E-state index contributed by atoms with van der Waals surface area (Å²) in [6, 6.07) is 7.69. The van der Waals surface area contributed by atoms with E-state index in [1.165, 1.54) is 7.05 Å². The third-order valence-electron chi connectivity index (χ3n) is 3.81. The zero-order chi connectivity index (χ0) is 17.6. The van der Waals surface area contributed by atoms with E-state index < -0.39 is 10.0 Å². The van der Waals surface area contributed by atoms with E-state index in [4.69, 9.17) is 4.74 Å². The van der Waals surface area contributed by atoms with E-state index in [9.17, 15) is 13.2 Å². The van der Waals surface area contributed by atoms with Gasteiger partial charge in [0.2, 0.25) is 15.9 Å². The van der Waals surface area contributed by atoms with Gasteiger partial charge >= 0.3 is 0 Å². The van der Waals surface area contributed by atoms with Crippen LogP contribution in [0.25, 0.3) is 0 Å². The number of sulfonamides is 1. The van der Waals surface area contributed by atoms with Crippen molar-refractivity contribution in [1.82, 2.24) is 9.21 Å². The molecule has 1 aromatic rings. The number of methoxy groups -OCH3 is 1. The van der Waals surface area contributed by atoms with E-state index in [1.807, 2.05) is 38.1 Å². The molecule has 0 aliphatic rings. The molecule has 1 aromatic carbocycles. The van der Waals surface area contributed by atoms with Crippen LogP contribution in [0.4, 0.5) is 0 Å². The number of amides is 1. The SMILES string of the molecule is CCN(C(=O)CN(C)S(C)(=O)=O)[C@@H](C)Cc1ccc(OC)cc1. The van der Waals surface area contributed by atoms with Gasteiger partial charge in [-0.15, -0.1) is 0 Å². The van der Waals surface area contributed by atoms with E-state index in [0.29, 0.717) is 13.0 Å². The molecule has 1 rings (SSSR count). The molecular formula is C16H26N2O4S. The lowest BCUT2D eigenvalue weighted by molar-refractivity contribution is -0.132. The predicted molar refractivity (Wildman–Crippen MR) is 91.0 cm³/mol. The van der Waals surface area contributed by atoms with Crippen LogP contribution in [0.2, 0.25) is 0 Å². The Balaban J connectivity index is 2.73. The fraction of sp³-hybridized carbons (Fsp3) is 0.562. The first-order valence-electron chi connectivity index (χ1n) is 7.52. The number of benzene rings is 1. The Morgan fingerprint density at radius 2 is 1.83 bits per heavy atom. The van der Waals surface area contributed by atoms with Gasteiger partial charge in [0, 0.05) is 19.6 Å². The summed E-state index contributed by atoms with van der Waals surface area (Å²) in [4.78, 5) is 14.1. The maximum absolute atomic E-state index is 12.4. The number of nitrogens with zero attached hydrogens (tertiary/aromatic N) is 2. The molecule has 7 heteroatoms. The van der Waals surface area contributed by atoms with Gasteiger partial charge in [-0.2, -0.15) is 4.31 Å². The summed E-state index contributed by atoms with van der Waals surface area (Å²) in [6.07, 6.45) is 1.80. The van der Waals surface area contributed by atoms with Gasteiger partial charge in [-0.1, -0.05) is 12.1 Å². The summed E-state index contributed by atoms with van der Waals surface area (Å²) >= 11 is 0. The normalized spacial score (nSPS) is 13.0. The first-order chi connectivity index (χ1) is 10.7. The molecule has 23 heavy (non-hydrogen) atoms. The first kappa shape index (κ1) is 19.4. The molecule has 0 radical (unpaired) electrons. The molecule has 0 N–H and O–H groups in total. The number of hydrogen-bond acceptors (Lipinski definition) is 4. The van der Waals surface area contributed by atoms with Crippen molar-refractivity contribution in [3.05, 3.63) is 29.8 Å². The average molecular weight is 342 g/mol. The van der Waals surface area contributed by atoms with Gasteiger partial charge in [-0.05, 0) is 38.0 Å². The number of rotatable bonds is 8. The van der Waals surface area contributed by atoms with Crippen LogP contribution in [-0.2, 0) is 21.2 Å². The van der Waals surface area contributed by atoms with Crippen LogP contribution in [0.5, 0.6) is 5.75 Å². The Morgan fingerprint density at radius 3 is 2.26 bits per heavy atom. The number of ether oxygens (including phenoxy) is 1. The van der Waals surface area contributed by atoms with Crippen LogP contribution in [0.3, 0.4) is 0 Å². The highest BCUT2D eigenvalue weighted by molar-refractivity contribution is 7.88. The molecule has 0 fully saturated rings. The van der Waals surface area contributed by atoms with Gasteiger partial charge in [0.05, 0.1) is 19.9 Å². The van der Waals surface area contributed by atoms with Crippen molar-refractivity contribution in [2.24, 2.45) is 0 Å². The van der Waals surface area contributed by atoms with E-state index in [1.54, 1.807) is 12.0 Å². The molecule has 0 bridgehead atoms. The molecule has 1 amide bonds. The van der Waals surface area contributed by atoms with Gasteiger partial charge in [-0.3, -0.25) is 4.79 Å². The molecule has 0 saturated carbocycles. The predicted octanol–water partition coefficient (Wildman–Crippen LogP) is 1.37. The fourth-order valence-electron chi connectivity index (χ4n) is 2.35. The Morgan fingerprint density at radius 1 is 1.26 bits per heavy atom. The van der Waals surface area contributed by atoms with Gasteiger partial charge in [0.1, 0.15) is 5.75 Å². The Kier molecular flexibility index (Phi) is 7.02. The second kappa shape index (κ2) is 8.31. The number of carbonyl (C=O) groups excluding carboxylic acids is 1. The molecule has 130 valence electrons. The van der Waals surface area contributed by atoms with Crippen LogP contribution < -0.4 is 4.74 Å². The molecule has 0 aliphatic carbocycles. The third-order valence-corrected chi connectivity index (χ3v) is 5.07. The van der Waals surface area contributed by atoms with Crippen molar-refractivity contribution < 1.29 is 17.9 Å². The van der Waals surface area contributed by atoms with E-state index in [2.05, 4.69) is 0 Å². The van der Waals surface area contributed by atoms with E-state index in [0.717, 1.165) is 21.9 Å². The lowest BCUT2D eigenvalue weighted by Crippen LogP contribution is -2.45. The largest absolute Gasteiger partial charge is 0.497 e. The van der Waals surface area contributed by atoms with E-state index in [-0.39, 0.29) is 18.5 Å². The highest BCUT2D eigenvalue weighted by Crippen LogP contribution is 2.15. The zero-order valence-corrected chi connectivity index (χ0v) is 15.3. The number of likely N-dealkylation sites (N-methyl/N-ethyl adjacent to an activating group) is 2. The fourth-order valence-corrected chi connectivity index (χ4v) is 2.69. The van der Waals surface area contributed by atoms with Gasteiger partial charge in [0.15, 0.2) is 0 Å². The summed E-state index contributed by atoms with van der Waals surface area (Å²) in [7, 11) is -0.330. The lowest BCUT2D eigenvalue weighted by Gasteiger charge is -2.29. The summed E-state index contributed by atoms with van der Waals surface area (Å²) in [6.45, 7) is 4.25.